The smallest absolute Gasteiger partial charge is 0.222 e. The van der Waals surface area contributed by atoms with Crippen molar-refractivity contribution in [3.63, 3.8) is 0 Å². The molecule has 4 nitrogen and oxygen atoms in total. The van der Waals surface area contributed by atoms with Gasteiger partial charge in [0.05, 0.1) is 18.3 Å². The Hall–Kier alpha value is -2.36. The van der Waals surface area contributed by atoms with Crippen molar-refractivity contribution in [1.29, 1.82) is 0 Å². The second-order valence-electron chi connectivity index (χ2n) is 6.74. The zero-order valence-electron chi connectivity index (χ0n) is 14.9. The van der Waals surface area contributed by atoms with Crippen LogP contribution in [0.3, 0.4) is 0 Å². The van der Waals surface area contributed by atoms with Crippen LogP contribution in [-0.2, 0) is 17.8 Å². The maximum absolute atomic E-state index is 12.4. The van der Waals surface area contributed by atoms with E-state index in [1.807, 2.05) is 37.4 Å². The average Bonchev–Trinajstić information content (AvgIpc) is 3.14. The summed E-state index contributed by atoms with van der Waals surface area (Å²) in [7, 11) is 1.83. The molecule has 1 heterocycles. The van der Waals surface area contributed by atoms with E-state index in [1.54, 1.807) is 11.1 Å². The molecule has 132 valence electrons. The van der Waals surface area contributed by atoms with Gasteiger partial charge in [-0.3, -0.25) is 9.78 Å². The number of hydrogen-bond donors (Lipinski definition) is 0. The van der Waals surface area contributed by atoms with Crippen LogP contribution in [0.4, 0.5) is 0 Å². The van der Waals surface area contributed by atoms with Gasteiger partial charge in [0, 0.05) is 19.7 Å². The number of nitrogens with zero attached hydrogens (tertiary/aromatic N) is 2. The van der Waals surface area contributed by atoms with Crippen LogP contribution in [-0.4, -0.2) is 28.9 Å². The molecule has 0 saturated heterocycles. The third-order valence-electron chi connectivity index (χ3n) is 4.68. The van der Waals surface area contributed by atoms with Crippen LogP contribution < -0.4 is 4.74 Å². The molecule has 0 aliphatic heterocycles. The first-order chi connectivity index (χ1) is 12.2. The highest BCUT2D eigenvalue weighted by Gasteiger charge is 2.16. The number of benzene rings is 1. The van der Waals surface area contributed by atoms with E-state index in [2.05, 4.69) is 17.1 Å². The Morgan fingerprint density at radius 3 is 2.80 bits per heavy atom. The van der Waals surface area contributed by atoms with Gasteiger partial charge in [-0.15, -0.1) is 0 Å². The summed E-state index contributed by atoms with van der Waals surface area (Å²) in [5.41, 5.74) is 2.06. The van der Waals surface area contributed by atoms with Crippen molar-refractivity contribution in [2.24, 2.45) is 0 Å². The molecule has 0 N–H and O–H groups in total. The van der Waals surface area contributed by atoms with Crippen molar-refractivity contribution in [2.75, 3.05) is 7.05 Å². The molecule has 1 saturated carbocycles. The van der Waals surface area contributed by atoms with E-state index >= 15 is 0 Å². The van der Waals surface area contributed by atoms with Crippen molar-refractivity contribution >= 4 is 5.91 Å². The van der Waals surface area contributed by atoms with Gasteiger partial charge in [0.25, 0.3) is 0 Å². The van der Waals surface area contributed by atoms with E-state index in [0.717, 1.165) is 36.3 Å². The van der Waals surface area contributed by atoms with Gasteiger partial charge in [-0.1, -0.05) is 18.2 Å². The van der Waals surface area contributed by atoms with Crippen molar-refractivity contribution in [3.8, 4) is 5.75 Å². The number of aromatic nitrogens is 1. The van der Waals surface area contributed by atoms with Crippen molar-refractivity contribution in [1.82, 2.24) is 9.88 Å². The summed E-state index contributed by atoms with van der Waals surface area (Å²) in [5.74, 6) is 1.06. The first kappa shape index (κ1) is 17.5. The van der Waals surface area contributed by atoms with Gasteiger partial charge in [-0.05, 0) is 61.9 Å². The van der Waals surface area contributed by atoms with E-state index in [4.69, 9.17) is 4.74 Å². The van der Waals surface area contributed by atoms with Gasteiger partial charge >= 0.3 is 0 Å². The zero-order chi connectivity index (χ0) is 17.5. The van der Waals surface area contributed by atoms with Crippen LogP contribution in [0.15, 0.2) is 48.7 Å². The molecule has 4 heteroatoms. The number of carbonyl (C=O) groups is 1. The number of aryl methyl sites for hydroxylation is 1. The maximum atomic E-state index is 12.4. The lowest BCUT2D eigenvalue weighted by Crippen LogP contribution is -2.26. The molecule has 1 aromatic carbocycles. The Morgan fingerprint density at radius 1 is 1.20 bits per heavy atom. The number of amides is 1. The third-order valence-corrected chi connectivity index (χ3v) is 4.68. The highest BCUT2D eigenvalue weighted by molar-refractivity contribution is 5.76. The lowest BCUT2D eigenvalue weighted by atomic mass is 10.1. The van der Waals surface area contributed by atoms with Crippen LogP contribution in [0.5, 0.6) is 5.75 Å². The van der Waals surface area contributed by atoms with Crippen LogP contribution in [0.1, 0.15) is 43.4 Å². The Kier molecular flexibility index (Phi) is 6.04. The van der Waals surface area contributed by atoms with Crippen LogP contribution >= 0.6 is 0 Å². The van der Waals surface area contributed by atoms with Crippen LogP contribution in [0.25, 0.3) is 0 Å². The highest BCUT2D eigenvalue weighted by Crippen LogP contribution is 2.24. The first-order valence-corrected chi connectivity index (χ1v) is 9.10. The summed E-state index contributed by atoms with van der Waals surface area (Å²) < 4.78 is 6.05. The molecule has 1 aromatic heterocycles. The monoisotopic (exact) mass is 338 g/mol. The predicted octanol–water partition coefficient (Wildman–Crippen LogP) is 3.99. The van der Waals surface area contributed by atoms with E-state index in [-0.39, 0.29) is 5.91 Å². The summed E-state index contributed by atoms with van der Waals surface area (Å²) >= 11 is 0. The molecule has 1 amide bonds. The molecule has 0 bridgehead atoms. The number of carbonyl (C=O) groups excluding carboxylic acids is 1. The fraction of sp³-hybridized carbons (Fsp3) is 0.429. The minimum atomic E-state index is 0.132. The molecule has 0 spiro atoms. The van der Waals surface area contributed by atoms with Crippen molar-refractivity contribution < 1.29 is 9.53 Å². The molecule has 1 aliphatic carbocycles. The van der Waals surface area contributed by atoms with E-state index in [1.165, 1.54) is 12.8 Å². The quantitative estimate of drug-likeness (QED) is 0.766. The Labute approximate surface area is 149 Å². The topological polar surface area (TPSA) is 42.4 Å². The highest BCUT2D eigenvalue weighted by atomic mass is 16.5. The normalized spacial score (nSPS) is 14.4. The predicted molar refractivity (Wildman–Crippen MR) is 98.4 cm³/mol. The van der Waals surface area contributed by atoms with Gasteiger partial charge in [0.2, 0.25) is 5.91 Å². The van der Waals surface area contributed by atoms with Crippen LogP contribution in [0, 0.1) is 0 Å². The molecule has 3 rings (SSSR count). The number of rotatable bonds is 7. The fourth-order valence-corrected chi connectivity index (χ4v) is 3.24. The largest absolute Gasteiger partial charge is 0.490 e. The Balaban J connectivity index is 1.49. The summed E-state index contributed by atoms with van der Waals surface area (Å²) in [6.45, 7) is 0.546. The number of hydrogen-bond acceptors (Lipinski definition) is 3. The molecule has 25 heavy (non-hydrogen) atoms. The molecule has 0 radical (unpaired) electrons. The standard InChI is InChI=1S/C21H26N2O2/c1-23(16-18-8-4-5-14-22-18)21(24)13-12-17-7-6-11-20(15-17)25-19-9-2-3-10-19/h4-8,11,14-15,19H,2-3,9-10,12-13,16H2,1H3. The van der Waals surface area contributed by atoms with Crippen LogP contribution in [0.2, 0.25) is 0 Å². The molecule has 1 aliphatic rings. The molecule has 0 unspecified atom stereocenters. The summed E-state index contributed by atoms with van der Waals surface area (Å²) in [6.07, 6.45) is 8.18. The third kappa shape index (κ3) is 5.31. The van der Waals surface area contributed by atoms with Gasteiger partial charge in [0.15, 0.2) is 0 Å². The zero-order valence-corrected chi connectivity index (χ0v) is 14.9. The van der Waals surface area contributed by atoms with E-state index < -0.39 is 0 Å². The lowest BCUT2D eigenvalue weighted by molar-refractivity contribution is -0.130. The van der Waals surface area contributed by atoms with E-state index in [9.17, 15) is 4.79 Å². The summed E-state index contributed by atoms with van der Waals surface area (Å²) in [5, 5.41) is 0. The SMILES string of the molecule is CN(Cc1ccccn1)C(=O)CCc1cccc(OC2CCCC2)c1. The van der Waals surface area contributed by atoms with Crippen molar-refractivity contribution in [3.05, 3.63) is 59.9 Å². The second-order valence-corrected chi connectivity index (χ2v) is 6.74. The van der Waals surface area contributed by atoms with Crippen molar-refractivity contribution in [2.45, 2.75) is 51.2 Å². The molecular weight excluding hydrogens is 312 g/mol. The minimum Gasteiger partial charge on any atom is -0.490 e. The maximum Gasteiger partial charge on any atom is 0.222 e. The number of pyridine rings is 1. The molecular formula is C21H26N2O2. The average molecular weight is 338 g/mol. The van der Waals surface area contributed by atoms with E-state index in [0.29, 0.717) is 19.1 Å². The minimum absolute atomic E-state index is 0.132. The molecule has 2 aromatic rings. The van der Waals surface area contributed by atoms with Gasteiger partial charge in [0.1, 0.15) is 5.75 Å². The Morgan fingerprint density at radius 2 is 2.04 bits per heavy atom. The molecule has 0 atom stereocenters. The second kappa shape index (κ2) is 8.65. The molecule has 1 fully saturated rings. The summed E-state index contributed by atoms with van der Waals surface area (Å²) in [4.78, 5) is 18.4. The Bertz CT molecular complexity index is 681. The fourth-order valence-electron chi connectivity index (χ4n) is 3.24. The summed E-state index contributed by atoms with van der Waals surface area (Å²) in [6, 6.07) is 13.9. The van der Waals surface area contributed by atoms with Gasteiger partial charge in [-0.25, -0.2) is 0 Å². The van der Waals surface area contributed by atoms with Gasteiger partial charge in [-0.2, -0.15) is 0 Å². The number of ether oxygens (including phenoxy) is 1. The first-order valence-electron chi connectivity index (χ1n) is 9.10. The lowest BCUT2D eigenvalue weighted by Gasteiger charge is -2.17. The van der Waals surface area contributed by atoms with Gasteiger partial charge < -0.3 is 9.64 Å².